The van der Waals surface area contributed by atoms with Crippen LogP contribution in [0, 0.1) is 0 Å². The number of hydrogen-bond donors (Lipinski definition) is 3. The van der Waals surface area contributed by atoms with Gasteiger partial charge in [-0.05, 0) is 40.0 Å². The molecule has 1 aromatic heterocycles. The van der Waals surface area contributed by atoms with E-state index in [4.69, 9.17) is 4.74 Å². The first-order valence-corrected chi connectivity index (χ1v) is 9.62. The minimum absolute atomic E-state index is 0.292. The molecule has 0 radical (unpaired) electrons. The second-order valence-corrected chi connectivity index (χ2v) is 7.94. The van der Waals surface area contributed by atoms with Crippen molar-refractivity contribution in [2.45, 2.75) is 84.5 Å². The summed E-state index contributed by atoms with van der Waals surface area (Å²) in [5.74, 6) is 1.74. The Hall–Kier alpha value is -2.32. The number of nitrogens with one attached hydrogen (secondary N) is 3. The predicted molar refractivity (Wildman–Crippen MR) is 101 cm³/mol. The zero-order valence-corrected chi connectivity index (χ0v) is 17.0. The number of aryl methyl sites for hydroxylation is 1. The highest BCUT2D eigenvalue weighted by atomic mass is 16.6. The summed E-state index contributed by atoms with van der Waals surface area (Å²) in [6, 6.07) is -0.292. The Bertz CT molecular complexity index is 661. The van der Waals surface area contributed by atoms with E-state index < -0.39 is 17.2 Å². The number of alkyl carbamates (subject to hydrolysis) is 1. The first-order valence-electron chi connectivity index (χ1n) is 9.62. The molecule has 0 saturated heterocycles. The maximum atomic E-state index is 12.4. The van der Waals surface area contributed by atoms with Crippen LogP contribution < -0.4 is 16.0 Å². The number of amides is 3. The topological polar surface area (TPSA) is 110 Å². The molecule has 0 spiro atoms. The fourth-order valence-electron chi connectivity index (χ4n) is 3.06. The molecule has 2 heterocycles. The third-order valence-corrected chi connectivity index (χ3v) is 4.80. The van der Waals surface area contributed by atoms with Crippen LogP contribution in [-0.2, 0) is 24.2 Å². The van der Waals surface area contributed by atoms with Crippen LogP contribution in [-0.4, -0.2) is 44.6 Å². The van der Waals surface area contributed by atoms with Crippen molar-refractivity contribution in [3.8, 4) is 0 Å². The summed E-state index contributed by atoms with van der Waals surface area (Å²) < 4.78 is 7.32. The van der Waals surface area contributed by atoms with E-state index in [1.54, 1.807) is 0 Å². The lowest BCUT2D eigenvalue weighted by atomic mass is 9.93. The third kappa shape index (κ3) is 5.83. The lowest BCUT2D eigenvalue weighted by molar-refractivity contribution is 0.0508. The van der Waals surface area contributed by atoms with Crippen LogP contribution in [0.1, 0.15) is 65.5 Å². The number of nitrogens with zero attached hydrogens (tertiary/aromatic N) is 3. The molecule has 3 amide bonds. The number of ether oxygens (including phenoxy) is 1. The van der Waals surface area contributed by atoms with E-state index in [0.29, 0.717) is 25.9 Å². The average Bonchev–Trinajstić information content (AvgIpc) is 3.19. The van der Waals surface area contributed by atoms with Crippen molar-refractivity contribution in [2.24, 2.45) is 0 Å². The molecule has 3 N–H and O–H groups in total. The van der Waals surface area contributed by atoms with E-state index in [-0.39, 0.29) is 6.03 Å². The first kappa shape index (κ1) is 21.0. The molecule has 0 aromatic carbocycles. The van der Waals surface area contributed by atoms with Crippen LogP contribution in [0.4, 0.5) is 9.59 Å². The van der Waals surface area contributed by atoms with E-state index in [1.807, 2.05) is 34.6 Å². The number of fused-ring (bicyclic) bond motifs is 1. The molecule has 0 unspecified atom stereocenters. The number of carbonyl (C=O) groups excluding carboxylic acids is 2. The van der Waals surface area contributed by atoms with E-state index in [2.05, 4.69) is 30.7 Å². The van der Waals surface area contributed by atoms with Gasteiger partial charge >= 0.3 is 12.1 Å². The highest BCUT2D eigenvalue weighted by Crippen LogP contribution is 2.16. The molecule has 9 nitrogen and oxygen atoms in total. The van der Waals surface area contributed by atoms with E-state index >= 15 is 0 Å². The van der Waals surface area contributed by atoms with Crippen molar-refractivity contribution in [3.05, 3.63) is 11.6 Å². The van der Waals surface area contributed by atoms with Crippen LogP contribution in [0.5, 0.6) is 0 Å². The minimum atomic E-state index is -0.561. The van der Waals surface area contributed by atoms with Gasteiger partial charge in [-0.25, -0.2) is 9.59 Å². The van der Waals surface area contributed by atoms with Crippen molar-refractivity contribution in [1.82, 2.24) is 30.7 Å². The summed E-state index contributed by atoms with van der Waals surface area (Å²) in [7, 11) is 0. The second kappa shape index (κ2) is 8.58. The summed E-state index contributed by atoms with van der Waals surface area (Å²) in [5, 5.41) is 16.9. The van der Waals surface area contributed by atoms with Gasteiger partial charge in [0.05, 0.1) is 12.1 Å². The lowest BCUT2D eigenvalue weighted by Gasteiger charge is -2.33. The van der Waals surface area contributed by atoms with Gasteiger partial charge in [0.1, 0.15) is 11.4 Å². The number of urea groups is 1. The van der Waals surface area contributed by atoms with Gasteiger partial charge in [-0.2, -0.15) is 0 Å². The number of aromatic nitrogens is 3. The summed E-state index contributed by atoms with van der Waals surface area (Å²) in [5.41, 5.74) is -1.11. The van der Waals surface area contributed by atoms with Crippen molar-refractivity contribution < 1.29 is 14.3 Å². The van der Waals surface area contributed by atoms with Gasteiger partial charge in [0.25, 0.3) is 0 Å². The van der Waals surface area contributed by atoms with Gasteiger partial charge in [0.15, 0.2) is 5.82 Å². The van der Waals surface area contributed by atoms with Crippen LogP contribution >= 0.6 is 0 Å². The van der Waals surface area contributed by atoms with Gasteiger partial charge in [-0.1, -0.05) is 13.8 Å². The maximum absolute atomic E-state index is 12.4. The van der Waals surface area contributed by atoms with Crippen molar-refractivity contribution in [3.63, 3.8) is 0 Å². The largest absolute Gasteiger partial charge is 0.444 e. The molecule has 0 fully saturated rings. The monoisotopic (exact) mass is 380 g/mol. The number of carbonyl (C=O) groups is 2. The zero-order valence-electron chi connectivity index (χ0n) is 17.0. The van der Waals surface area contributed by atoms with Gasteiger partial charge in [0, 0.05) is 19.5 Å². The van der Waals surface area contributed by atoms with Crippen LogP contribution in [0.2, 0.25) is 0 Å². The Morgan fingerprint density at radius 2 is 1.85 bits per heavy atom. The molecule has 152 valence electrons. The minimum Gasteiger partial charge on any atom is -0.444 e. The third-order valence-electron chi connectivity index (χ3n) is 4.80. The number of hydrogen-bond acceptors (Lipinski definition) is 5. The van der Waals surface area contributed by atoms with Crippen LogP contribution in [0.15, 0.2) is 0 Å². The quantitative estimate of drug-likeness (QED) is 0.671. The number of rotatable bonds is 7. The summed E-state index contributed by atoms with van der Waals surface area (Å²) in [4.78, 5) is 24.4. The highest BCUT2D eigenvalue weighted by Gasteiger charge is 2.30. The van der Waals surface area contributed by atoms with Crippen molar-refractivity contribution >= 4 is 12.1 Å². The smallest absolute Gasteiger partial charge is 0.407 e. The predicted octanol–water partition coefficient (Wildman–Crippen LogP) is 2.11. The molecule has 0 aliphatic carbocycles. The summed E-state index contributed by atoms with van der Waals surface area (Å²) in [6.45, 7) is 10.9. The summed E-state index contributed by atoms with van der Waals surface area (Å²) >= 11 is 0. The molecular weight excluding hydrogens is 348 g/mol. The SMILES string of the molecule is CCC(CC)(CNC(=O)OC(C)(C)C)NC(=O)NCc1nnc2n1CCC2. The standard InChI is InChI=1S/C18H32N6O3/c1-6-18(7-2,12-20-16(26)27-17(3,4)5)21-15(25)19-11-14-23-22-13-9-8-10-24(13)14/h6-12H2,1-5H3,(H,20,26)(H2,19,21,25). The Balaban J connectivity index is 1.87. The molecule has 27 heavy (non-hydrogen) atoms. The highest BCUT2D eigenvalue weighted by molar-refractivity contribution is 5.75. The summed E-state index contributed by atoms with van der Waals surface area (Å²) in [6.07, 6.45) is 2.86. The Morgan fingerprint density at radius 3 is 2.48 bits per heavy atom. The van der Waals surface area contributed by atoms with E-state index in [1.165, 1.54) is 0 Å². The lowest BCUT2D eigenvalue weighted by Crippen LogP contribution is -2.57. The molecule has 0 bridgehead atoms. The Labute approximate surface area is 160 Å². The first-order chi connectivity index (χ1) is 12.7. The van der Waals surface area contributed by atoms with Crippen LogP contribution in [0.3, 0.4) is 0 Å². The van der Waals surface area contributed by atoms with E-state index in [9.17, 15) is 9.59 Å². The van der Waals surface area contributed by atoms with Gasteiger partial charge < -0.3 is 25.3 Å². The molecule has 1 aromatic rings. The van der Waals surface area contributed by atoms with Gasteiger partial charge in [-0.3, -0.25) is 0 Å². The fourth-order valence-corrected chi connectivity index (χ4v) is 3.06. The normalized spacial score (nSPS) is 13.8. The Morgan fingerprint density at radius 1 is 1.15 bits per heavy atom. The van der Waals surface area contributed by atoms with Crippen molar-refractivity contribution in [2.75, 3.05) is 6.54 Å². The zero-order chi connectivity index (χ0) is 20.1. The molecule has 9 heteroatoms. The van der Waals surface area contributed by atoms with Gasteiger partial charge in [0.2, 0.25) is 0 Å². The van der Waals surface area contributed by atoms with Crippen molar-refractivity contribution in [1.29, 1.82) is 0 Å². The second-order valence-electron chi connectivity index (χ2n) is 7.94. The molecule has 1 aliphatic rings. The van der Waals surface area contributed by atoms with Crippen LogP contribution in [0.25, 0.3) is 0 Å². The molecule has 1 aliphatic heterocycles. The Kier molecular flexibility index (Phi) is 6.67. The fraction of sp³-hybridized carbons (Fsp3) is 0.778. The maximum Gasteiger partial charge on any atom is 0.407 e. The van der Waals surface area contributed by atoms with Gasteiger partial charge in [-0.15, -0.1) is 10.2 Å². The molecule has 0 atom stereocenters. The molecule has 2 rings (SSSR count). The molecule has 0 saturated carbocycles. The molecular formula is C18H32N6O3. The van der Waals surface area contributed by atoms with E-state index in [0.717, 1.165) is 31.0 Å². The average molecular weight is 380 g/mol.